The van der Waals surface area contributed by atoms with Crippen LogP contribution in [0.25, 0.3) is 0 Å². The minimum Gasteiger partial charge on any atom is -0.381 e. The number of carbonyl (C=O) groups is 1. The Labute approximate surface area is 98.1 Å². The number of Topliss-reactive ketones (excluding diaryl/α,β-unsaturated/α-hetero) is 1. The summed E-state index contributed by atoms with van der Waals surface area (Å²) in [6, 6.07) is 0.406. The van der Waals surface area contributed by atoms with E-state index >= 15 is 0 Å². The van der Waals surface area contributed by atoms with Crippen LogP contribution in [-0.4, -0.2) is 43.0 Å². The van der Waals surface area contributed by atoms with E-state index in [0.29, 0.717) is 17.7 Å². The van der Waals surface area contributed by atoms with Crippen molar-refractivity contribution in [2.75, 3.05) is 26.3 Å². The maximum atomic E-state index is 11.6. The van der Waals surface area contributed by atoms with Crippen LogP contribution in [-0.2, 0) is 9.53 Å². The number of ketones is 1. The summed E-state index contributed by atoms with van der Waals surface area (Å²) in [5.74, 6) is 1.32. The van der Waals surface area contributed by atoms with Gasteiger partial charge in [0.25, 0.3) is 0 Å². The van der Waals surface area contributed by atoms with Crippen LogP contribution in [0.1, 0.15) is 33.1 Å². The van der Waals surface area contributed by atoms with E-state index in [9.17, 15) is 4.79 Å². The second kappa shape index (κ2) is 5.28. The molecule has 0 amide bonds. The summed E-state index contributed by atoms with van der Waals surface area (Å²) in [6.07, 6.45) is 3.21. The topological polar surface area (TPSA) is 29.5 Å². The molecule has 3 unspecified atom stereocenters. The van der Waals surface area contributed by atoms with E-state index in [1.165, 1.54) is 12.8 Å². The van der Waals surface area contributed by atoms with Crippen molar-refractivity contribution in [1.82, 2.24) is 4.90 Å². The van der Waals surface area contributed by atoms with E-state index < -0.39 is 0 Å². The monoisotopic (exact) mass is 225 g/mol. The first kappa shape index (κ1) is 12.1. The lowest BCUT2D eigenvalue weighted by Crippen LogP contribution is -2.49. The molecule has 16 heavy (non-hydrogen) atoms. The Bertz CT molecular complexity index is 248. The Hall–Kier alpha value is -0.410. The molecule has 2 saturated heterocycles. The number of hydrogen-bond acceptors (Lipinski definition) is 3. The van der Waals surface area contributed by atoms with Gasteiger partial charge in [-0.05, 0) is 25.7 Å². The largest absolute Gasteiger partial charge is 0.381 e. The van der Waals surface area contributed by atoms with Crippen molar-refractivity contribution in [3.05, 3.63) is 0 Å². The first-order valence-corrected chi connectivity index (χ1v) is 6.53. The summed E-state index contributed by atoms with van der Waals surface area (Å²) in [4.78, 5) is 14.1. The molecule has 2 fully saturated rings. The zero-order valence-electron chi connectivity index (χ0n) is 10.4. The van der Waals surface area contributed by atoms with Crippen LogP contribution in [0.15, 0.2) is 0 Å². The molecule has 2 heterocycles. The Kier molecular flexibility index (Phi) is 3.98. The van der Waals surface area contributed by atoms with Crippen molar-refractivity contribution < 1.29 is 9.53 Å². The Morgan fingerprint density at radius 3 is 2.94 bits per heavy atom. The van der Waals surface area contributed by atoms with Crippen LogP contribution >= 0.6 is 0 Å². The fourth-order valence-corrected chi connectivity index (χ4v) is 2.81. The molecule has 0 N–H and O–H groups in total. The molecule has 0 saturated carbocycles. The van der Waals surface area contributed by atoms with Gasteiger partial charge in [0.15, 0.2) is 0 Å². The average Bonchev–Trinajstić information content (AvgIpc) is 2.31. The molecule has 0 aromatic carbocycles. The lowest BCUT2D eigenvalue weighted by atomic mass is 9.89. The molecular weight excluding hydrogens is 202 g/mol. The summed E-state index contributed by atoms with van der Waals surface area (Å²) in [7, 11) is 0. The number of carbonyl (C=O) groups excluding carboxylic acids is 1. The smallest absolute Gasteiger partial charge is 0.138 e. The SMILES string of the molecule is CC1C(=O)CCN(CC2CCCOC2)C1C. The normalized spacial score (nSPS) is 37.6. The van der Waals surface area contributed by atoms with Crippen molar-refractivity contribution in [2.24, 2.45) is 11.8 Å². The van der Waals surface area contributed by atoms with Gasteiger partial charge in [-0.15, -0.1) is 0 Å². The average molecular weight is 225 g/mol. The van der Waals surface area contributed by atoms with Crippen LogP contribution in [0.5, 0.6) is 0 Å². The quantitative estimate of drug-likeness (QED) is 0.716. The van der Waals surface area contributed by atoms with Crippen LogP contribution in [0, 0.1) is 11.8 Å². The number of ether oxygens (including phenoxy) is 1. The fourth-order valence-electron chi connectivity index (χ4n) is 2.81. The van der Waals surface area contributed by atoms with Crippen molar-refractivity contribution in [1.29, 1.82) is 0 Å². The lowest BCUT2D eigenvalue weighted by Gasteiger charge is -2.39. The summed E-state index contributed by atoms with van der Waals surface area (Å²) >= 11 is 0. The number of likely N-dealkylation sites (tertiary alicyclic amines) is 1. The highest BCUT2D eigenvalue weighted by atomic mass is 16.5. The fraction of sp³-hybridized carbons (Fsp3) is 0.923. The maximum absolute atomic E-state index is 11.6. The Morgan fingerprint density at radius 1 is 1.44 bits per heavy atom. The zero-order valence-corrected chi connectivity index (χ0v) is 10.4. The first-order chi connectivity index (χ1) is 7.68. The molecule has 2 rings (SSSR count). The summed E-state index contributed by atoms with van der Waals surface area (Å²) < 4.78 is 5.51. The summed E-state index contributed by atoms with van der Waals surface area (Å²) in [5, 5.41) is 0. The molecule has 0 aromatic rings. The van der Waals surface area contributed by atoms with Gasteiger partial charge in [-0.3, -0.25) is 9.69 Å². The van der Waals surface area contributed by atoms with Crippen molar-refractivity contribution in [3.63, 3.8) is 0 Å². The van der Waals surface area contributed by atoms with Crippen LogP contribution in [0.2, 0.25) is 0 Å². The van der Waals surface area contributed by atoms with Gasteiger partial charge in [0.2, 0.25) is 0 Å². The van der Waals surface area contributed by atoms with Gasteiger partial charge in [0.1, 0.15) is 5.78 Å². The van der Waals surface area contributed by atoms with Gasteiger partial charge >= 0.3 is 0 Å². The van der Waals surface area contributed by atoms with Crippen LogP contribution in [0.4, 0.5) is 0 Å². The number of nitrogens with zero attached hydrogens (tertiary/aromatic N) is 1. The molecule has 0 aromatic heterocycles. The second-order valence-corrected chi connectivity index (χ2v) is 5.32. The predicted molar refractivity (Wildman–Crippen MR) is 63.4 cm³/mol. The predicted octanol–water partition coefficient (Wildman–Crippen LogP) is 1.71. The van der Waals surface area contributed by atoms with E-state index in [0.717, 1.165) is 32.7 Å². The van der Waals surface area contributed by atoms with Gasteiger partial charge in [0, 0.05) is 38.1 Å². The van der Waals surface area contributed by atoms with Gasteiger partial charge in [-0.25, -0.2) is 0 Å². The molecule has 92 valence electrons. The Morgan fingerprint density at radius 2 is 2.25 bits per heavy atom. The molecule has 0 bridgehead atoms. The lowest BCUT2D eigenvalue weighted by molar-refractivity contribution is -0.128. The molecule has 3 heteroatoms. The number of rotatable bonds is 2. The molecule has 3 atom stereocenters. The number of hydrogen-bond donors (Lipinski definition) is 0. The Balaban J connectivity index is 1.86. The highest BCUT2D eigenvalue weighted by Crippen LogP contribution is 2.23. The van der Waals surface area contributed by atoms with E-state index in [4.69, 9.17) is 4.74 Å². The molecule has 0 radical (unpaired) electrons. The summed E-state index contributed by atoms with van der Waals surface area (Å²) in [6.45, 7) is 8.15. The summed E-state index contributed by atoms with van der Waals surface area (Å²) in [5.41, 5.74) is 0. The van der Waals surface area contributed by atoms with E-state index in [1.807, 2.05) is 0 Å². The van der Waals surface area contributed by atoms with Gasteiger partial charge in [-0.1, -0.05) is 6.92 Å². The third kappa shape index (κ3) is 2.64. The van der Waals surface area contributed by atoms with Crippen LogP contribution in [0.3, 0.4) is 0 Å². The standard InChI is InChI=1S/C13H23NO2/c1-10-11(2)14(6-5-13(10)15)8-12-4-3-7-16-9-12/h10-12H,3-9H2,1-2H3. The van der Waals surface area contributed by atoms with Gasteiger partial charge < -0.3 is 4.74 Å². The van der Waals surface area contributed by atoms with E-state index in [1.54, 1.807) is 0 Å². The first-order valence-electron chi connectivity index (χ1n) is 6.53. The maximum Gasteiger partial charge on any atom is 0.138 e. The van der Waals surface area contributed by atoms with Crippen LogP contribution < -0.4 is 0 Å². The minimum absolute atomic E-state index is 0.207. The molecule has 0 aliphatic carbocycles. The van der Waals surface area contributed by atoms with Gasteiger partial charge in [-0.2, -0.15) is 0 Å². The van der Waals surface area contributed by atoms with Crippen molar-refractivity contribution in [3.8, 4) is 0 Å². The highest BCUT2D eigenvalue weighted by Gasteiger charge is 2.32. The van der Waals surface area contributed by atoms with E-state index in [2.05, 4.69) is 18.7 Å². The molecular formula is C13H23NO2. The molecule has 3 nitrogen and oxygen atoms in total. The number of piperidine rings is 1. The minimum atomic E-state index is 0.207. The molecule has 2 aliphatic rings. The molecule has 2 aliphatic heterocycles. The van der Waals surface area contributed by atoms with E-state index in [-0.39, 0.29) is 5.92 Å². The third-order valence-electron chi connectivity index (χ3n) is 4.20. The van der Waals surface area contributed by atoms with Gasteiger partial charge in [0.05, 0.1) is 6.61 Å². The zero-order chi connectivity index (χ0) is 11.5. The third-order valence-corrected chi connectivity index (χ3v) is 4.20. The second-order valence-electron chi connectivity index (χ2n) is 5.32. The molecule has 0 spiro atoms. The van der Waals surface area contributed by atoms with Crippen molar-refractivity contribution >= 4 is 5.78 Å². The highest BCUT2D eigenvalue weighted by molar-refractivity contribution is 5.82. The van der Waals surface area contributed by atoms with Crippen molar-refractivity contribution in [2.45, 2.75) is 39.2 Å².